The standard InChI is InChI=1S/C91H163NO7/c1-9-17-25-33-37-51-62-81(61-47-29-21-13-5)85-73-79(74-86(77-85)97-89(94)82(63-48-30-22-14-6)66-52-38-34-26-18-10-2)59-45-41-43-55-69-92(71-57-58-72-93)70-56-44-42-46-60-80-75-87(98-90(95)83(64-49-31-23-15-7)67-53-39-35-27-19-11-3)78-88(76-80)99-91(96)84(65-50-32-24-16-8)68-54-40-36-28-20-12-4/h73-78,81-84,93H,9-72H2,1-8H3. The van der Waals surface area contributed by atoms with Crippen LogP contribution in [0.1, 0.15) is 450 Å². The summed E-state index contributed by atoms with van der Waals surface area (Å²) in [6, 6.07) is 13.0. The van der Waals surface area contributed by atoms with Gasteiger partial charge in [-0.25, -0.2) is 0 Å². The van der Waals surface area contributed by atoms with Crippen LogP contribution in [0.15, 0.2) is 36.4 Å². The molecule has 0 bridgehead atoms. The van der Waals surface area contributed by atoms with E-state index in [1.807, 2.05) is 18.2 Å². The number of rotatable bonds is 73. The Kier molecular flexibility index (Phi) is 61.9. The van der Waals surface area contributed by atoms with Crippen molar-refractivity contribution in [3.05, 3.63) is 53.1 Å². The molecule has 0 saturated heterocycles. The molecule has 0 saturated carbocycles. The van der Waals surface area contributed by atoms with E-state index in [0.29, 0.717) is 17.4 Å². The second kappa shape index (κ2) is 66.7. The van der Waals surface area contributed by atoms with Gasteiger partial charge in [0.05, 0.1) is 17.8 Å². The Balaban J connectivity index is 2.25. The molecule has 99 heavy (non-hydrogen) atoms. The number of hydrogen-bond donors (Lipinski definition) is 1. The molecule has 0 amide bonds. The van der Waals surface area contributed by atoms with E-state index in [4.69, 9.17) is 14.2 Å². The maximum atomic E-state index is 14.3. The van der Waals surface area contributed by atoms with Crippen molar-refractivity contribution in [1.82, 2.24) is 4.90 Å². The Morgan fingerprint density at radius 2 is 0.525 bits per heavy atom. The number of aryl methyl sites for hydroxylation is 2. The van der Waals surface area contributed by atoms with Crippen molar-refractivity contribution < 1.29 is 33.7 Å². The molecule has 2 aromatic carbocycles. The van der Waals surface area contributed by atoms with Crippen molar-refractivity contribution in [2.75, 3.05) is 26.2 Å². The maximum absolute atomic E-state index is 14.3. The highest BCUT2D eigenvalue weighted by molar-refractivity contribution is 5.77. The van der Waals surface area contributed by atoms with Crippen molar-refractivity contribution in [2.45, 2.75) is 447 Å². The van der Waals surface area contributed by atoms with E-state index < -0.39 is 0 Å². The van der Waals surface area contributed by atoms with Crippen molar-refractivity contribution in [3.63, 3.8) is 0 Å². The van der Waals surface area contributed by atoms with Gasteiger partial charge in [-0.05, 0) is 169 Å². The van der Waals surface area contributed by atoms with Gasteiger partial charge in [-0.15, -0.1) is 0 Å². The highest BCUT2D eigenvalue weighted by Gasteiger charge is 2.25. The molecule has 1 N–H and O–H groups in total. The molecule has 8 heteroatoms. The molecule has 4 atom stereocenters. The predicted octanol–water partition coefficient (Wildman–Crippen LogP) is 28.2. The Hall–Kier alpha value is -3.23. The number of aliphatic hydroxyl groups is 1. The topological polar surface area (TPSA) is 102 Å². The molecule has 0 aliphatic heterocycles. The number of unbranched alkanes of at least 4 members (excludes halogenated alkanes) is 39. The van der Waals surface area contributed by atoms with Crippen LogP contribution in [-0.4, -0.2) is 54.2 Å². The number of nitrogens with zero attached hydrogens (tertiary/aromatic N) is 1. The zero-order chi connectivity index (χ0) is 71.7. The summed E-state index contributed by atoms with van der Waals surface area (Å²) in [4.78, 5) is 45.4. The number of benzene rings is 2. The maximum Gasteiger partial charge on any atom is 0.314 e. The molecule has 2 aromatic rings. The van der Waals surface area contributed by atoms with Crippen LogP contribution < -0.4 is 14.2 Å². The molecule has 0 fully saturated rings. The Morgan fingerprint density at radius 1 is 0.283 bits per heavy atom. The van der Waals surface area contributed by atoms with Crippen LogP contribution in [-0.2, 0) is 27.2 Å². The van der Waals surface area contributed by atoms with E-state index in [9.17, 15) is 19.5 Å². The molecule has 0 aliphatic carbocycles. The molecule has 574 valence electrons. The first-order chi connectivity index (χ1) is 48.6. The predicted molar refractivity (Wildman–Crippen MR) is 427 cm³/mol. The van der Waals surface area contributed by atoms with Gasteiger partial charge >= 0.3 is 17.9 Å². The Morgan fingerprint density at radius 3 is 0.838 bits per heavy atom. The minimum atomic E-state index is -0.129. The van der Waals surface area contributed by atoms with E-state index >= 15 is 0 Å². The second-order valence-electron chi connectivity index (χ2n) is 31.0. The molecule has 0 heterocycles. The second-order valence-corrected chi connectivity index (χ2v) is 31.0. The summed E-state index contributed by atoms with van der Waals surface area (Å²) in [5, 5.41) is 9.78. The van der Waals surface area contributed by atoms with Gasteiger partial charge in [-0.3, -0.25) is 14.4 Å². The van der Waals surface area contributed by atoms with E-state index in [1.165, 1.54) is 236 Å². The number of carbonyl (C=O) groups is 3. The lowest BCUT2D eigenvalue weighted by Crippen LogP contribution is -2.27. The third-order valence-corrected chi connectivity index (χ3v) is 21.6. The molecule has 4 unspecified atom stereocenters. The van der Waals surface area contributed by atoms with Crippen molar-refractivity contribution in [3.8, 4) is 17.2 Å². The van der Waals surface area contributed by atoms with Crippen LogP contribution in [0.25, 0.3) is 0 Å². The molecular formula is C91H163NO7. The fourth-order valence-corrected chi connectivity index (χ4v) is 15.0. The minimum absolute atomic E-state index is 0.00301. The molecule has 8 nitrogen and oxygen atoms in total. The van der Waals surface area contributed by atoms with E-state index in [2.05, 4.69) is 78.5 Å². The van der Waals surface area contributed by atoms with E-state index in [0.717, 1.165) is 191 Å². The fraction of sp³-hybridized carbons (Fsp3) is 0.835. The first-order valence-electron chi connectivity index (χ1n) is 43.9. The van der Waals surface area contributed by atoms with Gasteiger partial charge in [0, 0.05) is 12.7 Å². The van der Waals surface area contributed by atoms with Gasteiger partial charge in [0.2, 0.25) is 0 Å². The summed E-state index contributed by atoms with van der Waals surface area (Å²) >= 11 is 0. The monoisotopic (exact) mass is 1380 g/mol. The third kappa shape index (κ3) is 50.0. The largest absolute Gasteiger partial charge is 0.426 e. The number of hydrogen-bond acceptors (Lipinski definition) is 8. The van der Waals surface area contributed by atoms with Gasteiger partial charge in [0.25, 0.3) is 0 Å². The highest BCUT2D eigenvalue weighted by Crippen LogP contribution is 2.35. The van der Waals surface area contributed by atoms with Crippen LogP contribution in [0.2, 0.25) is 0 Å². The summed E-state index contributed by atoms with van der Waals surface area (Å²) in [6.07, 6.45) is 69.2. The first kappa shape index (κ1) is 91.9. The van der Waals surface area contributed by atoms with Gasteiger partial charge in [-0.2, -0.15) is 0 Å². The van der Waals surface area contributed by atoms with Gasteiger partial charge in [-0.1, -0.05) is 344 Å². The smallest absolute Gasteiger partial charge is 0.314 e. The highest BCUT2D eigenvalue weighted by atomic mass is 16.5. The Bertz CT molecular complexity index is 2090. The molecule has 2 rings (SSSR count). The summed E-state index contributed by atoms with van der Waals surface area (Å²) in [5.41, 5.74) is 3.81. The van der Waals surface area contributed by atoms with Crippen molar-refractivity contribution >= 4 is 17.9 Å². The summed E-state index contributed by atoms with van der Waals surface area (Å²) in [6.45, 7) is 21.6. The minimum Gasteiger partial charge on any atom is -0.426 e. The van der Waals surface area contributed by atoms with Crippen LogP contribution in [0.5, 0.6) is 17.2 Å². The molecule has 0 spiro atoms. The van der Waals surface area contributed by atoms with Crippen LogP contribution in [0, 0.1) is 17.8 Å². The fourth-order valence-electron chi connectivity index (χ4n) is 15.0. The quantitative estimate of drug-likeness (QED) is 0.0397. The molecule has 0 radical (unpaired) electrons. The SMILES string of the molecule is CCCCCCCCC(CCCCCC)C(=O)Oc1cc(CCCCCCN(CCCCO)CCCCCCc2cc(OC(=O)C(CCCCCC)CCCCCCCC)cc(C(CCCCCC)CCCCCCCC)c2)cc(OC(=O)C(CCCCCC)CCCCCCCC)c1. The van der Waals surface area contributed by atoms with Crippen molar-refractivity contribution in [1.29, 1.82) is 0 Å². The van der Waals surface area contributed by atoms with Crippen LogP contribution in [0.4, 0.5) is 0 Å². The zero-order valence-corrected chi connectivity index (χ0v) is 66.9. The Labute approximate surface area is 614 Å². The molecule has 0 aromatic heterocycles. The van der Waals surface area contributed by atoms with E-state index in [1.54, 1.807) is 0 Å². The first-order valence-corrected chi connectivity index (χ1v) is 43.9. The lowest BCUT2D eigenvalue weighted by molar-refractivity contribution is -0.140. The zero-order valence-electron chi connectivity index (χ0n) is 66.9. The average Bonchev–Trinajstić information content (AvgIpc) is 0.852. The molecular weight excluding hydrogens is 1220 g/mol. The van der Waals surface area contributed by atoms with Crippen LogP contribution in [0.3, 0.4) is 0 Å². The number of ether oxygens (including phenoxy) is 3. The van der Waals surface area contributed by atoms with Crippen LogP contribution >= 0.6 is 0 Å². The summed E-state index contributed by atoms with van der Waals surface area (Å²) in [5.74, 6) is 1.80. The molecule has 0 aliphatic rings. The third-order valence-electron chi connectivity index (χ3n) is 21.6. The lowest BCUT2D eigenvalue weighted by atomic mass is 9.86. The van der Waals surface area contributed by atoms with Crippen molar-refractivity contribution in [2.24, 2.45) is 17.8 Å². The van der Waals surface area contributed by atoms with Gasteiger partial charge in [0.1, 0.15) is 17.2 Å². The lowest BCUT2D eigenvalue weighted by Gasteiger charge is -2.22. The van der Waals surface area contributed by atoms with Gasteiger partial charge < -0.3 is 24.2 Å². The summed E-state index contributed by atoms with van der Waals surface area (Å²) < 4.78 is 19.3. The average molecular weight is 1380 g/mol. The summed E-state index contributed by atoms with van der Waals surface area (Å²) in [7, 11) is 0. The number of aliphatic hydroxyl groups excluding tert-OH is 1. The number of carbonyl (C=O) groups excluding carboxylic acids is 3. The number of esters is 3. The normalized spacial score (nSPS) is 12.9. The van der Waals surface area contributed by atoms with Gasteiger partial charge in [0.15, 0.2) is 0 Å². The van der Waals surface area contributed by atoms with E-state index in [-0.39, 0.29) is 42.3 Å².